The van der Waals surface area contributed by atoms with E-state index in [1.165, 1.54) is 0 Å². The van der Waals surface area contributed by atoms with E-state index in [2.05, 4.69) is 0 Å². The molecule has 0 saturated carbocycles. The monoisotopic (exact) mass is 276 g/mol. The van der Waals surface area contributed by atoms with E-state index >= 15 is 0 Å². The van der Waals surface area contributed by atoms with Gasteiger partial charge >= 0.3 is 0 Å². The summed E-state index contributed by atoms with van der Waals surface area (Å²) in [5, 5.41) is -0.357. The molecule has 0 aliphatic heterocycles. The van der Waals surface area contributed by atoms with Gasteiger partial charge < -0.3 is 4.74 Å². The summed E-state index contributed by atoms with van der Waals surface area (Å²) in [6, 6.07) is 7.30. The fourth-order valence-electron chi connectivity index (χ4n) is 1.19. The van der Waals surface area contributed by atoms with Crippen molar-refractivity contribution in [3.05, 3.63) is 29.8 Å². The van der Waals surface area contributed by atoms with Crippen LogP contribution in [0.1, 0.15) is 19.4 Å². The number of benzene rings is 1. The molecule has 1 rings (SSSR count). The van der Waals surface area contributed by atoms with Gasteiger partial charge in [0.15, 0.2) is 9.84 Å². The lowest BCUT2D eigenvalue weighted by Crippen LogP contribution is -2.21. The molecule has 0 fully saturated rings. The number of rotatable bonds is 6. The zero-order valence-corrected chi connectivity index (χ0v) is 11.6. The number of alkyl halides is 1. The summed E-state index contributed by atoms with van der Waals surface area (Å²) >= 11 is 5.66. The van der Waals surface area contributed by atoms with E-state index in [0.29, 0.717) is 11.6 Å². The van der Waals surface area contributed by atoms with Crippen molar-refractivity contribution < 1.29 is 13.2 Å². The average Bonchev–Trinajstić information content (AvgIpc) is 2.29. The normalized spacial score (nSPS) is 11.8. The lowest BCUT2D eigenvalue weighted by atomic mass is 10.2. The maximum atomic E-state index is 11.5. The smallest absolute Gasteiger partial charge is 0.155 e. The van der Waals surface area contributed by atoms with Gasteiger partial charge in [-0.2, -0.15) is 0 Å². The van der Waals surface area contributed by atoms with Gasteiger partial charge in [0.25, 0.3) is 0 Å². The molecule has 0 saturated heterocycles. The first kappa shape index (κ1) is 14.3. The largest absolute Gasteiger partial charge is 0.493 e. The van der Waals surface area contributed by atoms with Gasteiger partial charge in [-0.25, -0.2) is 8.42 Å². The van der Waals surface area contributed by atoms with Crippen molar-refractivity contribution in [1.29, 1.82) is 0 Å². The van der Waals surface area contributed by atoms with Crippen LogP contribution in [-0.4, -0.2) is 26.0 Å². The van der Waals surface area contributed by atoms with Gasteiger partial charge in [0.05, 0.1) is 11.0 Å². The second-order valence-corrected chi connectivity index (χ2v) is 6.99. The van der Waals surface area contributed by atoms with Gasteiger partial charge in [0, 0.05) is 5.88 Å². The van der Waals surface area contributed by atoms with Gasteiger partial charge in [-0.15, -0.1) is 11.6 Å². The van der Waals surface area contributed by atoms with E-state index < -0.39 is 9.84 Å². The van der Waals surface area contributed by atoms with Gasteiger partial charge in [0.1, 0.15) is 12.4 Å². The lowest BCUT2D eigenvalue weighted by molar-refractivity contribution is 0.340. The van der Waals surface area contributed by atoms with Crippen molar-refractivity contribution in [3.63, 3.8) is 0 Å². The molecule has 0 unspecified atom stereocenters. The molecule has 3 nitrogen and oxygen atoms in total. The van der Waals surface area contributed by atoms with Crippen LogP contribution in [0.4, 0.5) is 0 Å². The molecule has 17 heavy (non-hydrogen) atoms. The number of sulfone groups is 1. The van der Waals surface area contributed by atoms with E-state index in [4.69, 9.17) is 16.3 Å². The van der Waals surface area contributed by atoms with E-state index in [1.807, 2.05) is 12.1 Å². The minimum Gasteiger partial charge on any atom is -0.493 e. The highest BCUT2D eigenvalue weighted by Gasteiger charge is 2.15. The third kappa shape index (κ3) is 4.56. The third-order valence-corrected chi connectivity index (χ3v) is 4.91. The summed E-state index contributed by atoms with van der Waals surface area (Å²) in [6.07, 6.45) is 0. The van der Waals surface area contributed by atoms with Gasteiger partial charge in [0.2, 0.25) is 0 Å². The Bertz CT molecular complexity index is 437. The molecule has 0 radical (unpaired) electrons. The predicted molar refractivity (Wildman–Crippen MR) is 70.4 cm³/mol. The molecule has 96 valence electrons. The fourth-order valence-corrected chi connectivity index (χ4v) is 2.15. The van der Waals surface area contributed by atoms with Crippen molar-refractivity contribution in [2.24, 2.45) is 0 Å². The molecule has 1 aromatic rings. The first-order valence-corrected chi connectivity index (χ1v) is 7.70. The van der Waals surface area contributed by atoms with Crippen LogP contribution in [0, 0.1) is 0 Å². The summed E-state index contributed by atoms with van der Waals surface area (Å²) in [7, 11) is -3.03. The maximum absolute atomic E-state index is 11.5. The van der Waals surface area contributed by atoms with Crippen molar-refractivity contribution in [1.82, 2.24) is 0 Å². The zero-order valence-electron chi connectivity index (χ0n) is 10.0. The molecule has 0 aromatic heterocycles. The lowest BCUT2D eigenvalue weighted by Gasteiger charge is -2.09. The second kappa shape index (κ2) is 6.26. The quantitative estimate of drug-likeness (QED) is 0.750. The number of hydrogen-bond donors (Lipinski definition) is 0. The highest BCUT2D eigenvalue weighted by molar-refractivity contribution is 7.91. The van der Waals surface area contributed by atoms with Crippen LogP contribution in [0.25, 0.3) is 0 Å². The van der Waals surface area contributed by atoms with Crippen LogP contribution in [0.5, 0.6) is 5.75 Å². The summed E-state index contributed by atoms with van der Waals surface area (Å²) in [4.78, 5) is 0. The third-order valence-electron chi connectivity index (χ3n) is 2.43. The maximum Gasteiger partial charge on any atom is 0.155 e. The second-order valence-electron chi connectivity index (χ2n) is 4.04. The minimum absolute atomic E-state index is 0.0436. The van der Waals surface area contributed by atoms with E-state index in [1.54, 1.807) is 26.0 Å². The standard InChI is InChI=1S/C12H17ClO3S/c1-10(2)17(14,15)8-7-16-12-5-3-11(9-13)4-6-12/h3-6,10H,7-9H2,1-2H3. The summed E-state index contributed by atoms with van der Waals surface area (Å²) < 4.78 is 28.4. The van der Waals surface area contributed by atoms with Crippen LogP contribution >= 0.6 is 11.6 Å². The number of hydrogen-bond acceptors (Lipinski definition) is 3. The van der Waals surface area contributed by atoms with Crippen LogP contribution in [-0.2, 0) is 15.7 Å². The zero-order chi connectivity index (χ0) is 12.9. The molecular formula is C12H17ClO3S. The fraction of sp³-hybridized carbons (Fsp3) is 0.500. The summed E-state index contributed by atoms with van der Waals surface area (Å²) in [5.74, 6) is 1.17. The van der Waals surface area contributed by atoms with Crippen molar-refractivity contribution in [3.8, 4) is 5.75 Å². The molecule has 1 aromatic carbocycles. The van der Waals surface area contributed by atoms with Crippen molar-refractivity contribution in [2.45, 2.75) is 25.0 Å². The van der Waals surface area contributed by atoms with E-state index in [0.717, 1.165) is 5.56 Å². The summed E-state index contributed by atoms with van der Waals surface area (Å²) in [5.41, 5.74) is 1.01. The van der Waals surface area contributed by atoms with Gasteiger partial charge in [-0.05, 0) is 31.5 Å². The van der Waals surface area contributed by atoms with Crippen LogP contribution in [0.2, 0.25) is 0 Å². The Morgan fingerprint density at radius 1 is 1.24 bits per heavy atom. The topological polar surface area (TPSA) is 43.4 Å². The Hall–Kier alpha value is -0.740. The number of halogens is 1. The van der Waals surface area contributed by atoms with E-state index in [-0.39, 0.29) is 17.6 Å². The Kier molecular flexibility index (Phi) is 5.28. The van der Waals surface area contributed by atoms with Gasteiger partial charge in [-0.3, -0.25) is 0 Å². The predicted octanol–water partition coefficient (Wildman–Crippen LogP) is 2.63. The average molecular weight is 277 g/mol. The SMILES string of the molecule is CC(C)S(=O)(=O)CCOc1ccc(CCl)cc1. The molecule has 0 bridgehead atoms. The van der Waals surface area contributed by atoms with Crippen molar-refractivity contribution >= 4 is 21.4 Å². The van der Waals surface area contributed by atoms with Crippen LogP contribution < -0.4 is 4.74 Å². The first-order chi connectivity index (χ1) is 7.95. The molecular weight excluding hydrogens is 260 g/mol. The Labute approximate surface area is 108 Å². The highest BCUT2D eigenvalue weighted by Crippen LogP contribution is 2.13. The molecule has 0 heterocycles. The molecule has 0 aliphatic rings. The first-order valence-electron chi connectivity index (χ1n) is 5.45. The molecule has 0 N–H and O–H groups in total. The van der Waals surface area contributed by atoms with Crippen molar-refractivity contribution in [2.75, 3.05) is 12.4 Å². The van der Waals surface area contributed by atoms with Crippen LogP contribution in [0.15, 0.2) is 24.3 Å². The molecule has 0 aliphatic carbocycles. The number of ether oxygens (including phenoxy) is 1. The van der Waals surface area contributed by atoms with Gasteiger partial charge in [-0.1, -0.05) is 12.1 Å². The van der Waals surface area contributed by atoms with Crippen LogP contribution in [0.3, 0.4) is 0 Å². The Morgan fingerprint density at radius 3 is 2.29 bits per heavy atom. The molecule has 0 amide bonds. The Morgan fingerprint density at radius 2 is 1.82 bits per heavy atom. The minimum atomic E-state index is -3.03. The Balaban J connectivity index is 2.46. The highest BCUT2D eigenvalue weighted by atomic mass is 35.5. The molecule has 0 spiro atoms. The molecule has 0 atom stereocenters. The molecule has 5 heteroatoms. The van der Waals surface area contributed by atoms with E-state index in [9.17, 15) is 8.42 Å². The summed E-state index contributed by atoms with van der Waals surface area (Å²) in [6.45, 7) is 3.52.